The van der Waals surface area contributed by atoms with Gasteiger partial charge in [0.25, 0.3) is 0 Å². The number of piperidine rings is 1. The van der Waals surface area contributed by atoms with Gasteiger partial charge in [-0.15, -0.1) is 0 Å². The molecule has 2 nitrogen and oxygen atoms in total. The summed E-state index contributed by atoms with van der Waals surface area (Å²) < 4.78 is 0. The second-order valence-electron chi connectivity index (χ2n) is 5.89. The van der Waals surface area contributed by atoms with Crippen LogP contribution in [0.2, 0.25) is 0 Å². The van der Waals surface area contributed by atoms with E-state index < -0.39 is 0 Å². The van der Waals surface area contributed by atoms with Crippen LogP contribution in [0.15, 0.2) is 24.3 Å². The van der Waals surface area contributed by atoms with E-state index in [1.54, 1.807) is 5.56 Å². The van der Waals surface area contributed by atoms with E-state index in [0.29, 0.717) is 6.04 Å². The molecule has 2 heteroatoms. The van der Waals surface area contributed by atoms with E-state index in [4.69, 9.17) is 0 Å². The first kappa shape index (κ1) is 12.2. The molecule has 18 heavy (non-hydrogen) atoms. The summed E-state index contributed by atoms with van der Waals surface area (Å²) in [6.07, 6.45) is 5.37. The van der Waals surface area contributed by atoms with Gasteiger partial charge in [-0.2, -0.15) is 0 Å². The molecule has 1 aromatic carbocycles. The predicted molar refractivity (Wildman–Crippen MR) is 75.7 cm³/mol. The fourth-order valence-corrected chi connectivity index (χ4v) is 3.36. The Morgan fingerprint density at radius 1 is 1.22 bits per heavy atom. The zero-order valence-corrected chi connectivity index (χ0v) is 11.4. The van der Waals surface area contributed by atoms with Gasteiger partial charge in [-0.1, -0.05) is 30.7 Å². The van der Waals surface area contributed by atoms with Gasteiger partial charge >= 0.3 is 0 Å². The number of rotatable bonds is 2. The van der Waals surface area contributed by atoms with E-state index in [1.165, 1.54) is 44.3 Å². The molecule has 1 fully saturated rings. The monoisotopic (exact) mass is 244 g/mol. The van der Waals surface area contributed by atoms with Crippen molar-refractivity contribution in [2.75, 3.05) is 13.1 Å². The lowest BCUT2D eigenvalue weighted by molar-refractivity contribution is 0.142. The molecule has 0 saturated carbocycles. The number of hydrogen-bond acceptors (Lipinski definition) is 2. The molecule has 1 N–H and O–H groups in total. The molecular weight excluding hydrogens is 220 g/mol. The van der Waals surface area contributed by atoms with Gasteiger partial charge < -0.3 is 5.32 Å². The van der Waals surface area contributed by atoms with E-state index in [-0.39, 0.29) is 0 Å². The Morgan fingerprint density at radius 2 is 2.06 bits per heavy atom. The summed E-state index contributed by atoms with van der Waals surface area (Å²) in [6, 6.07) is 10.3. The zero-order chi connectivity index (χ0) is 12.4. The lowest BCUT2D eigenvalue weighted by atomic mass is 9.94. The third-order valence-electron chi connectivity index (χ3n) is 4.56. The fourth-order valence-electron chi connectivity index (χ4n) is 3.36. The molecule has 0 spiro atoms. The average Bonchev–Trinajstić information content (AvgIpc) is 2.41. The topological polar surface area (TPSA) is 15.3 Å². The summed E-state index contributed by atoms with van der Waals surface area (Å²) in [5, 5.41) is 3.70. The van der Waals surface area contributed by atoms with Crippen molar-refractivity contribution >= 4 is 0 Å². The van der Waals surface area contributed by atoms with Crippen molar-refractivity contribution in [1.29, 1.82) is 0 Å². The molecule has 0 amide bonds. The molecule has 1 saturated heterocycles. The number of nitrogens with zero attached hydrogens (tertiary/aromatic N) is 1. The smallest absolute Gasteiger partial charge is 0.0238 e. The highest BCUT2D eigenvalue weighted by atomic mass is 15.2. The first-order valence-corrected chi connectivity index (χ1v) is 7.37. The second kappa shape index (κ2) is 5.41. The van der Waals surface area contributed by atoms with Crippen molar-refractivity contribution in [2.24, 2.45) is 0 Å². The van der Waals surface area contributed by atoms with Crippen molar-refractivity contribution in [2.45, 2.75) is 51.2 Å². The number of nitrogens with one attached hydrogen (secondary N) is 1. The molecular formula is C16H24N2. The van der Waals surface area contributed by atoms with Crippen molar-refractivity contribution in [3.8, 4) is 0 Å². The van der Waals surface area contributed by atoms with Crippen LogP contribution >= 0.6 is 0 Å². The van der Waals surface area contributed by atoms with Gasteiger partial charge in [0.2, 0.25) is 0 Å². The SMILES string of the molecule is C[C@H]1CCCCN1C[C@@H]1Cc2ccccc2CN1. The van der Waals surface area contributed by atoms with Crippen LogP contribution < -0.4 is 5.32 Å². The Hall–Kier alpha value is -0.860. The maximum atomic E-state index is 3.70. The Kier molecular flexibility index (Phi) is 3.67. The zero-order valence-electron chi connectivity index (χ0n) is 11.4. The molecule has 0 aliphatic carbocycles. The minimum Gasteiger partial charge on any atom is -0.308 e. The second-order valence-corrected chi connectivity index (χ2v) is 5.89. The third-order valence-corrected chi connectivity index (χ3v) is 4.56. The van der Waals surface area contributed by atoms with E-state index in [0.717, 1.165) is 12.6 Å². The lowest BCUT2D eigenvalue weighted by Gasteiger charge is -2.37. The van der Waals surface area contributed by atoms with Crippen molar-refractivity contribution in [3.05, 3.63) is 35.4 Å². The van der Waals surface area contributed by atoms with Crippen LogP contribution in [0.3, 0.4) is 0 Å². The van der Waals surface area contributed by atoms with E-state index >= 15 is 0 Å². The summed E-state index contributed by atoms with van der Waals surface area (Å²) >= 11 is 0. The molecule has 3 rings (SSSR count). The highest BCUT2D eigenvalue weighted by Crippen LogP contribution is 2.20. The molecule has 98 valence electrons. The minimum atomic E-state index is 0.639. The van der Waals surface area contributed by atoms with Crippen LogP contribution in [0, 0.1) is 0 Å². The summed E-state index contributed by atoms with van der Waals surface area (Å²) in [4.78, 5) is 2.68. The summed E-state index contributed by atoms with van der Waals surface area (Å²) in [5.41, 5.74) is 3.03. The number of benzene rings is 1. The molecule has 2 aliphatic heterocycles. The molecule has 0 aromatic heterocycles. The van der Waals surface area contributed by atoms with Crippen LogP contribution in [-0.4, -0.2) is 30.1 Å². The normalized spacial score (nSPS) is 28.9. The molecule has 0 bridgehead atoms. The molecule has 0 unspecified atom stereocenters. The summed E-state index contributed by atoms with van der Waals surface area (Å²) in [7, 11) is 0. The van der Waals surface area contributed by atoms with Crippen LogP contribution in [-0.2, 0) is 13.0 Å². The first-order valence-electron chi connectivity index (χ1n) is 7.37. The Balaban J connectivity index is 1.62. The molecule has 2 atom stereocenters. The van der Waals surface area contributed by atoms with Gasteiger partial charge in [-0.25, -0.2) is 0 Å². The molecule has 0 radical (unpaired) electrons. The van der Waals surface area contributed by atoms with Gasteiger partial charge in [0, 0.05) is 25.2 Å². The third kappa shape index (κ3) is 2.60. The van der Waals surface area contributed by atoms with E-state index in [9.17, 15) is 0 Å². The van der Waals surface area contributed by atoms with Gasteiger partial charge in [-0.3, -0.25) is 4.90 Å². The average molecular weight is 244 g/mol. The van der Waals surface area contributed by atoms with Gasteiger partial charge in [0.1, 0.15) is 0 Å². The highest BCUT2D eigenvalue weighted by Gasteiger charge is 2.24. The van der Waals surface area contributed by atoms with E-state index in [2.05, 4.69) is 41.4 Å². The molecule has 2 aliphatic rings. The van der Waals surface area contributed by atoms with Crippen LogP contribution in [0.4, 0.5) is 0 Å². The van der Waals surface area contributed by atoms with Crippen molar-refractivity contribution < 1.29 is 0 Å². The number of fused-ring (bicyclic) bond motifs is 1. The van der Waals surface area contributed by atoms with Gasteiger partial charge in [-0.05, 0) is 43.9 Å². The quantitative estimate of drug-likeness (QED) is 0.860. The summed E-state index contributed by atoms with van der Waals surface area (Å²) in [6.45, 7) is 5.94. The highest BCUT2D eigenvalue weighted by molar-refractivity contribution is 5.29. The standard InChI is InChI=1S/C16H24N2/c1-13-6-4-5-9-18(13)12-16-10-14-7-2-3-8-15(14)11-17-16/h2-3,7-8,13,16-17H,4-6,9-12H2,1H3/t13-,16-/m0/s1. The maximum absolute atomic E-state index is 3.70. The van der Waals surface area contributed by atoms with Gasteiger partial charge in [0.15, 0.2) is 0 Å². The maximum Gasteiger partial charge on any atom is 0.0238 e. The lowest BCUT2D eigenvalue weighted by Crippen LogP contribution is -2.48. The van der Waals surface area contributed by atoms with Crippen molar-refractivity contribution in [1.82, 2.24) is 10.2 Å². The number of likely N-dealkylation sites (tertiary alicyclic amines) is 1. The Bertz CT molecular complexity index is 402. The Morgan fingerprint density at radius 3 is 2.89 bits per heavy atom. The van der Waals surface area contributed by atoms with Crippen molar-refractivity contribution in [3.63, 3.8) is 0 Å². The largest absolute Gasteiger partial charge is 0.308 e. The predicted octanol–water partition coefficient (Wildman–Crippen LogP) is 2.58. The first-order chi connectivity index (χ1) is 8.83. The summed E-state index contributed by atoms with van der Waals surface area (Å²) in [5.74, 6) is 0. The minimum absolute atomic E-state index is 0.639. The van der Waals surface area contributed by atoms with Gasteiger partial charge in [0.05, 0.1) is 0 Å². The fraction of sp³-hybridized carbons (Fsp3) is 0.625. The molecule has 1 aromatic rings. The van der Waals surface area contributed by atoms with E-state index in [1.807, 2.05) is 0 Å². The van der Waals surface area contributed by atoms with Crippen LogP contribution in [0.1, 0.15) is 37.3 Å². The number of hydrogen-bond donors (Lipinski definition) is 1. The molecule has 2 heterocycles. The van der Waals surface area contributed by atoms with Crippen LogP contribution in [0.25, 0.3) is 0 Å². The van der Waals surface area contributed by atoms with Crippen LogP contribution in [0.5, 0.6) is 0 Å². The Labute approximate surface area is 110 Å².